The van der Waals surface area contributed by atoms with Gasteiger partial charge < -0.3 is 5.11 Å². The Morgan fingerprint density at radius 2 is 1.17 bits per heavy atom. The molecule has 0 radical (unpaired) electrons. The van der Waals surface area contributed by atoms with E-state index < -0.39 is 0 Å². The van der Waals surface area contributed by atoms with Gasteiger partial charge >= 0.3 is 0 Å². The van der Waals surface area contributed by atoms with E-state index in [0.29, 0.717) is 0 Å². The van der Waals surface area contributed by atoms with Crippen molar-refractivity contribution in [2.24, 2.45) is 0 Å². The van der Waals surface area contributed by atoms with Crippen LogP contribution < -0.4 is 0 Å². The molecule has 5 rings (SSSR count). The first-order chi connectivity index (χ1) is 8.90. The van der Waals surface area contributed by atoms with Crippen LogP contribution in [0.15, 0.2) is 54.6 Å². The highest BCUT2D eigenvalue weighted by Gasteiger charge is 2.13. The fourth-order valence-corrected chi connectivity index (χ4v) is 3.03. The van der Waals surface area contributed by atoms with Crippen molar-refractivity contribution in [2.45, 2.75) is 6.61 Å². The molecule has 18 heavy (non-hydrogen) atoms. The van der Waals surface area contributed by atoms with Gasteiger partial charge in [-0.2, -0.15) is 0 Å². The minimum absolute atomic E-state index is 0.0987. The summed E-state index contributed by atoms with van der Waals surface area (Å²) in [6.07, 6.45) is 0. The summed E-state index contributed by atoms with van der Waals surface area (Å²) >= 11 is 0. The van der Waals surface area contributed by atoms with E-state index in [4.69, 9.17) is 0 Å². The number of fused-ring (bicyclic) bond motifs is 1. The van der Waals surface area contributed by atoms with Gasteiger partial charge in [0.05, 0.1) is 6.61 Å². The molecule has 0 saturated carbocycles. The van der Waals surface area contributed by atoms with Crippen molar-refractivity contribution in [3.8, 4) is 0 Å². The third-order valence-corrected chi connectivity index (χ3v) is 3.78. The lowest BCUT2D eigenvalue weighted by atomic mass is 9.88. The Labute approximate surface area is 105 Å². The third kappa shape index (κ3) is 1.09. The molecule has 1 nitrogen and oxygen atoms in total. The van der Waals surface area contributed by atoms with E-state index in [1.807, 2.05) is 0 Å². The summed E-state index contributed by atoms with van der Waals surface area (Å²) in [7, 11) is 0. The zero-order valence-electron chi connectivity index (χ0n) is 9.85. The van der Waals surface area contributed by atoms with Crippen LogP contribution in [-0.4, -0.2) is 5.11 Å². The Balaban J connectivity index is 2.43. The van der Waals surface area contributed by atoms with Crippen LogP contribution in [0.4, 0.5) is 0 Å². The smallest absolute Gasteiger partial charge is 0.0688 e. The monoisotopic (exact) mass is 232 g/mol. The summed E-state index contributed by atoms with van der Waals surface area (Å²) < 4.78 is 0. The fraction of sp³-hybridized carbons (Fsp3) is 0.0588. The Morgan fingerprint density at radius 3 is 1.67 bits per heavy atom. The van der Waals surface area contributed by atoms with Gasteiger partial charge in [-0.25, -0.2) is 0 Å². The summed E-state index contributed by atoms with van der Waals surface area (Å²) in [6, 6.07) is 19.0. The molecule has 0 aliphatic rings. The predicted octanol–water partition coefficient (Wildman–Crippen LogP) is 4.08. The van der Waals surface area contributed by atoms with Gasteiger partial charge in [0.25, 0.3) is 0 Å². The second kappa shape index (κ2) is 3.44. The second-order valence-electron chi connectivity index (χ2n) is 4.71. The van der Waals surface area contributed by atoms with Crippen molar-refractivity contribution < 1.29 is 5.11 Å². The van der Waals surface area contributed by atoms with Crippen LogP contribution in [0.3, 0.4) is 0 Å². The van der Waals surface area contributed by atoms with Crippen LogP contribution in [0, 0.1) is 0 Å². The molecule has 0 fully saturated rings. The average molecular weight is 232 g/mol. The second-order valence-corrected chi connectivity index (χ2v) is 4.71. The first-order valence-electron chi connectivity index (χ1n) is 6.15. The van der Waals surface area contributed by atoms with Crippen LogP contribution in [0.1, 0.15) is 5.56 Å². The summed E-state index contributed by atoms with van der Waals surface area (Å²) in [5.41, 5.74) is 1.03. The molecule has 1 N–H and O–H groups in total. The van der Waals surface area contributed by atoms with Gasteiger partial charge in [-0.15, -0.1) is 0 Å². The Morgan fingerprint density at radius 1 is 0.667 bits per heavy atom. The molecule has 0 amide bonds. The largest absolute Gasteiger partial charge is 0.392 e. The minimum Gasteiger partial charge on any atom is -0.392 e. The maximum Gasteiger partial charge on any atom is 0.0688 e. The quantitative estimate of drug-likeness (QED) is 0.490. The maximum atomic E-state index is 9.56. The molecular weight excluding hydrogens is 220 g/mol. The van der Waals surface area contributed by atoms with E-state index >= 15 is 0 Å². The number of aliphatic hydroxyl groups is 1. The Kier molecular flexibility index (Phi) is 1.88. The molecule has 0 aromatic heterocycles. The summed E-state index contributed by atoms with van der Waals surface area (Å²) in [6.45, 7) is 0.0987. The van der Waals surface area contributed by atoms with Crippen molar-refractivity contribution in [1.82, 2.24) is 0 Å². The molecular formula is C17H12O. The lowest BCUT2D eigenvalue weighted by Crippen LogP contribution is -1.92. The lowest BCUT2D eigenvalue weighted by Gasteiger charge is -2.16. The highest BCUT2D eigenvalue weighted by Crippen LogP contribution is 2.39. The van der Waals surface area contributed by atoms with E-state index in [2.05, 4.69) is 54.6 Å². The molecule has 0 aliphatic heterocycles. The predicted molar refractivity (Wildman–Crippen MR) is 76.1 cm³/mol. The van der Waals surface area contributed by atoms with Gasteiger partial charge in [0, 0.05) is 0 Å². The molecule has 5 aromatic rings. The molecule has 0 aliphatic carbocycles. The lowest BCUT2D eigenvalue weighted by molar-refractivity contribution is 0.283. The zero-order valence-corrected chi connectivity index (χ0v) is 9.85. The normalized spacial score (nSPS) is 11.8. The number of hydrogen-bond acceptors (Lipinski definition) is 1. The Hall–Kier alpha value is -2.12. The molecule has 2 bridgehead atoms. The SMILES string of the molecule is OCc1cc2c3ccccc3c1c1ccccc21. The van der Waals surface area contributed by atoms with E-state index in [1.54, 1.807) is 0 Å². The molecule has 0 spiro atoms. The molecule has 0 unspecified atom stereocenters. The van der Waals surface area contributed by atoms with E-state index in [0.717, 1.165) is 5.56 Å². The number of aliphatic hydroxyl groups excluding tert-OH is 1. The van der Waals surface area contributed by atoms with Gasteiger partial charge in [0.1, 0.15) is 0 Å². The number of rotatable bonds is 1. The van der Waals surface area contributed by atoms with Gasteiger partial charge in [0.2, 0.25) is 0 Å². The van der Waals surface area contributed by atoms with Crippen LogP contribution in [0.5, 0.6) is 0 Å². The minimum atomic E-state index is 0.0987. The van der Waals surface area contributed by atoms with Crippen LogP contribution in [0.2, 0.25) is 0 Å². The fourth-order valence-electron chi connectivity index (χ4n) is 3.03. The molecule has 0 atom stereocenters. The molecule has 1 heteroatoms. The topological polar surface area (TPSA) is 20.2 Å². The summed E-state index contributed by atoms with van der Waals surface area (Å²) in [5.74, 6) is 0. The summed E-state index contributed by atoms with van der Waals surface area (Å²) in [5, 5.41) is 17.0. The number of benzene rings is 5. The van der Waals surface area contributed by atoms with Crippen molar-refractivity contribution in [3.63, 3.8) is 0 Å². The van der Waals surface area contributed by atoms with E-state index in [-0.39, 0.29) is 6.61 Å². The summed E-state index contributed by atoms with van der Waals surface area (Å²) in [4.78, 5) is 0. The van der Waals surface area contributed by atoms with E-state index in [1.165, 1.54) is 32.3 Å². The van der Waals surface area contributed by atoms with E-state index in [9.17, 15) is 5.11 Å². The average Bonchev–Trinajstić information content (AvgIpc) is 2.47. The van der Waals surface area contributed by atoms with Gasteiger partial charge in [-0.05, 0) is 43.9 Å². The first-order valence-corrected chi connectivity index (χ1v) is 6.15. The van der Waals surface area contributed by atoms with Crippen molar-refractivity contribution in [3.05, 3.63) is 60.2 Å². The zero-order chi connectivity index (χ0) is 12.1. The molecule has 0 saturated heterocycles. The highest BCUT2D eigenvalue weighted by atomic mass is 16.3. The van der Waals surface area contributed by atoms with Crippen molar-refractivity contribution in [2.75, 3.05) is 0 Å². The van der Waals surface area contributed by atoms with Crippen molar-refractivity contribution >= 4 is 32.3 Å². The standard InChI is InChI=1S/C17H12O/c18-10-11-9-16-12-5-1-3-7-14(12)17(11)15-8-4-2-6-13(15)16/h1-9,18H,10H2. The Bertz CT molecular complexity index is 801. The van der Waals surface area contributed by atoms with Crippen LogP contribution in [0.25, 0.3) is 32.3 Å². The van der Waals surface area contributed by atoms with Gasteiger partial charge in [-0.1, -0.05) is 48.5 Å². The number of hydrogen-bond donors (Lipinski definition) is 1. The molecule has 5 aromatic carbocycles. The third-order valence-electron chi connectivity index (χ3n) is 3.78. The van der Waals surface area contributed by atoms with Crippen molar-refractivity contribution in [1.29, 1.82) is 0 Å². The molecule has 86 valence electrons. The van der Waals surface area contributed by atoms with Crippen LogP contribution >= 0.6 is 0 Å². The molecule has 0 heterocycles. The van der Waals surface area contributed by atoms with Gasteiger partial charge in [-0.3, -0.25) is 0 Å². The maximum absolute atomic E-state index is 9.56. The van der Waals surface area contributed by atoms with Gasteiger partial charge in [0.15, 0.2) is 0 Å². The van der Waals surface area contributed by atoms with Crippen LogP contribution in [-0.2, 0) is 6.61 Å². The first kappa shape index (κ1) is 9.86. The highest BCUT2D eigenvalue weighted by molar-refractivity contribution is 6.28.